The molecule has 0 saturated carbocycles. The summed E-state index contributed by atoms with van der Waals surface area (Å²) in [6, 6.07) is 11.1. The lowest BCUT2D eigenvalue weighted by Gasteiger charge is -2.28. The van der Waals surface area contributed by atoms with Crippen LogP contribution in [0.3, 0.4) is 0 Å². The maximum absolute atomic E-state index is 13.1. The molecule has 0 radical (unpaired) electrons. The van der Waals surface area contributed by atoms with Gasteiger partial charge in [-0.15, -0.1) is 0 Å². The number of pyridine rings is 2. The van der Waals surface area contributed by atoms with E-state index in [1.807, 2.05) is 6.92 Å². The number of urea groups is 1. The highest BCUT2D eigenvalue weighted by atomic mass is 19.4. The van der Waals surface area contributed by atoms with Crippen LogP contribution in [0, 0.1) is 6.92 Å². The number of nitrogens with one attached hydrogen (secondary N) is 1. The van der Waals surface area contributed by atoms with E-state index in [2.05, 4.69) is 15.3 Å². The van der Waals surface area contributed by atoms with Gasteiger partial charge >= 0.3 is 12.2 Å². The Bertz CT molecular complexity index is 1080. The highest BCUT2D eigenvalue weighted by Crippen LogP contribution is 2.35. The van der Waals surface area contributed by atoms with Gasteiger partial charge in [-0.25, -0.2) is 9.78 Å². The van der Waals surface area contributed by atoms with Crippen LogP contribution in [-0.2, 0) is 6.18 Å². The number of anilines is 2. The van der Waals surface area contributed by atoms with Crippen molar-refractivity contribution in [1.29, 1.82) is 0 Å². The quantitative estimate of drug-likeness (QED) is 0.648. The molecule has 154 valence electrons. The third-order valence-electron chi connectivity index (χ3n) is 4.56. The minimum Gasteiger partial charge on any atom is -0.488 e. The number of ether oxygens (including phenoxy) is 1. The molecule has 2 amide bonds. The van der Waals surface area contributed by atoms with Gasteiger partial charge in [0.15, 0.2) is 11.6 Å². The van der Waals surface area contributed by atoms with Crippen molar-refractivity contribution in [3.63, 3.8) is 0 Å². The van der Waals surface area contributed by atoms with E-state index in [9.17, 15) is 18.0 Å². The fourth-order valence-electron chi connectivity index (χ4n) is 3.04. The molecule has 1 aliphatic heterocycles. The first-order chi connectivity index (χ1) is 14.3. The molecule has 3 heterocycles. The molecule has 30 heavy (non-hydrogen) atoms. The van der Waals surface area contributed by atoms with Crippen molar-refractivity contribution in [3.8, 4) is 17.0 Å². The minimum atomic E-state index is -4.46. The van der Waals surface area contributed by atoms with Crippen molar-refractivity contribution in [2.45, 2.75) is 13.1 Å². The summed E-state index contributed by atoms with van der Waals surface area (Å²) in [4.78, 5) is 22.7. The molecule has 4 rings (SSSR count). The van der Waals surface area contributed by atoms with Crippen molar-refractivity contribution in [2.24, 2.45) is 0 Å². The van der Waals surface area contributed by atoms with Crippen molar-refractivity contribution < 1.29 is 22.7 Å². The van der Waals surface area contributed by atoms with Crippen molar-refractivity contribution in [1.82, 2.24) is 9.97 Å². The lowest BCUT2D eigenvalue weighted by molar-refractivity contribution is -0.137. The predicted molar refractivity (Wildman–Crippen MR) is 106 cm³/mol. The normalized spacial score (nSPS) is 13.4. The summed E-state index contributed by atoms with van der Waals surface area (Å²) in [5.41, 5.74) is 1.17. The fourth-order valence-corrected chi connectivity index (χ4v) is 3.04. The number of fused-ring (bicyclic) bond motifs is 1. The van der Waals surface area contributed by atoms with Crippen LogP contribution >= 0.6 is 0 Å². The summed E-state index contributed by atoms with van der Waals surface area (Å²) < 4.78 is 44.7. The van der Waals surface area contributed by atoms with E-state index < -0.39 is 17.8 Å². The van der Waals surface area contributed by atoms with Gasteiger partial charge in [0.1, 0.15) is 6.61 Å². The summed E-state index contributed by atoms with van der Waals surface area (Å²) in [6.07, 6.45) is -2.91. The van der Waals surface area contributed by atoms with E-state index >= 15 is 0 Å². The minimum absolute atomic E-state index is 0.244. The Kier molecular flexibility index (Phi) is 5.03. The maximum atomic E-state index is 13.1. The van der Waals surface area contributed by atoms with Crippen molar-refractivity contribution >= 4 is 17.5 Å². The molecule has 0 atom stereocenters. The van der Waals surface area contributed by atoms with Crippen LogP contribution in [0.1, 0.15) is 11.3 Å². The van der Waals surface area contributed by atoms with E-state index in [0.29, 0.717) is 22.7 Å². The molecule has 0 spiro atoms. The number of rotatable bonds is 2. The third-order valence-corrected chi connectivity index (χ3v) is 4.56. The second-order valence-electron chi connectivity index (χ2n) is 6.72. The Hall–Kier alpha value is -3.62. The first-order valence-corrected chi connectivity index (χ1v) is 9.14. The molecule has 1 N–H and O–H groups in total. The van der Waals surface area contributed by atoms with Gasteiger partial charge in [0.25, 0.3) is 0 Å². The van der Waals surface area contributed by atoms with Gasteiger partial charge in [-0.2, -0.15) is 13.2 Å². The average molecular weight is 414 g/mol. The standard InChI is InChI=1S/C21H17F3N4O2/c1-13-5-6-16(12-25-13)26-20(29)28-9-10-30-18-8-7-17(27-19(18)28)14-3-2-4-15(11-14)21(22,23)24/h2-8,11-12H,9-10H2,1H3,(H,26,29). The molecule has 6 nitrogen and oxygen atoms in total. The molecule has 1 aliphatic rings. The van der Waals surface area contributed by atoms with Gasteiger partial charge in [0, 0.05) is 11.3 Å². The topological polar surface area (TPSA) is 67.4 Å². The number of nitrogens with zero attached hydrogens (tertiary/aromatic N) is 3. The van der Waals surface area contributed by atoms with Gasteiger partial charge in [-0.1, -0.05) is 12.1 Å². The van der Waals surface area contributed by atoms with Crippen LogP contribution in [-0.4, -0.2) is 29.2 Å². The molecule has 0 bridgehead atoms. The Morgan fingerprint density at radius 3 is 2.73 bits per heavy atom. The van der Waals surface area contributed by atoms with Gasteiger partial charge in [-0.3, -0.25) is 9.88 Å². The van der Waals surface area contributed by atoms with Gasteiger partial charge < -0.3 is 10.1 Å². The number of aryl methyl sites for hydroxylation is 1. The molecule has 0 fully saturated rings. The summed E-state index contributed by atoms with van der Waals surface area (Å²) in [5.74, 6) is 0.628. The number of hydrogen-bond acceptors (Lipinski definition) is 4. The van der Waals surface area contributed by atoms with Crippen molar-refractivity contribution in [2.75, 3.05) is 23.4 Å². The SMILES string of the molecule is Cc1ccc(NC(=O)N2CCOc3ccc(-c4cccc(C(F)(F)F)c4)nc32)cn1. The molecule has 0 unspecified atom stereocenters. The molecule has 2 aromatic heterocycles. The highest BCUT2D eigenvalue weighted by molar-refractivity contribution is 6.02. The Balaban J connectivity index is 1.65. The number of hydrogen-bond donors (Lipinski definition) is 1. The monoisotopic (exact) mass is 414 g/mol. The van der Waals surface area contributed by atoms with Crippen LogP contribution in [0.15, 0.2) is 54.7 Å². The smallest absolute Gasteiger partial charge is 0.416 e. The van der Waals surface area contributed by atoms with Crippen LogP contribution in [0.5, 0.6) is 5.75 Å². The van der Waals surface area contributed by atoms with E-state index in [1.165, 1.54) is 17.0 Å². The average Bonchev–Trinajstić information content (AvgIpc) is 2.74. The molecule has 0 saturated heterocycles. The Labute approximate surface area is 170 Å². The number of benzene rings is 1. The number of carbonyl (C=O) groups is 1. The molecule has 9 heteroatoms. The highest BCUT2D eigenvalue weighted by Gasteiger charge is 2.31. The second kappa shape index (κ2) is 7.66. The zero-order chi connectivity index (χ0) is 21.3. The summed E-state index contributed by atoms with van der Waals surface area (Å²) >= 11 is 0. The summed E-state index contributed by atoms with van der Waals surface area (Å²) in [5, 5.41) is 2.75. The first-order valence-electron chi connectivity index (χ1n) is 9.14. The van der Waals surface area contributed by atoms with E-state index in [0.717, 1.165) is 17.8 Å². The van der Waals surface area contributed by atoms with Crippen molar-refractivity contribution in [3.05, 3.63) is 66.0 Å². The fraction of sp³-hybridized carbons (Fsp3) is 0.190. The molecular formula is C21H17F3N4O2. The van der Waals surface area contributed by atoms with E-state index in [1.54, 1.807) is 30.5 Å². The predicted octanol–water partition coefficient (Wildman–Crippen LogP) is 4.90. The Morgan fingerprint density at radius 2 is 2.00 bits per heavy atom. The lowest BCUT2D eigenvalue weighted by Crippen LogP contribution is -2.41. The molecule has 1 aromatic carbocycles. The van der Waals surface area contributed by atoms with Crippen LogP contribution in [0.25, 0.3) is 11.3 Å². The molecule has 0 aliphatic carbocycles. The third kappa shape index (κ3) is 4.05. The number of carbonyl (C=O) groups excluding carboxylic acids is 1. The zero-order valence-electron chi connectivity index (χ0n) is 15.9. The van der Waals surface area contributed by atoms with Gasteiger partial charge in [0.2, 0.25) is 0 Å². The van der Waals surface area contributed by atoms with E-state index in [-0.39, 0.29) is 19.0 Å². The number of halogens is 3. The zero-order valence-corrected chi connectivity index (χ0v) is 15.9. The second-order valence-corrected chi connectivity index (χ2v) is 6.72. The molecular weight excluding hydrogens is 397 g/mol. The van der Waals surface area contributed by atoms with Gasteiger partial charge in [0.05, 0.1) is 29.7 Å². The summed E-state index contributed by atoms with van der Waals surface area (Å²) in [7, 11) is 0. The van der Waals surface area contributed by atoms with Crippen LogP contribution < -0.4 is 15.0 Å². The first kappa shape index (κ1) is 19.7. The van der Waals surface area contributed by atoms with E-state index in [4.69, 9.17) is 4.74 Å². The van der Waals surface area contributed by atoms with Crippen LogP contribution in [0.2, 0.25) is 0 Å². The largest absolute Gasteiger partial charge is 0.488 e. The van der Waals surface area contributed by atoms with Gasteiger partial charge in [-0.05, 0) is 43.3 Å². The summed E-state index contributed by atoms with van der Waals surface area (Å²) in [6.45, 7) is 2.36. The Morgan fingerprint density at radius 1 is 1.17 bits per heavy atom. The lowest BCUT2D eigenvalue weighted by atomic mass is 10.1. The number of alkyl halides is 3. The molecule has 3 aromatic rings. The number of aromatic nitrogens is 2. The van der Waals surface area contributed by atoms with Crippen LogP contribution in [0.4, 0.5) is 29.5 Å². The number of amides is 2. The maximum Gasteiger partial charge on any atom is 0.416 e.